The average molecular weight is 308 g/mol. The molecular formula is C14H20N4O2S. The van der Waals surface area contributed by atoms with Gasteiger partial charge in [-0.15, -0.1) is 11.3 Å². The molecule has 2 aliphatic rings. The zero-order chi connectivity index (χ0) is 15.0. The van der Waals surface area contributed by atoms with Gasteiger partial charge < -0.3 is 21.7 Å². The van der Waals surface area contributed by atoms with Gasteiger partial charge in [0.2, 0.25) is 0 Å². The maximum atomic E-state index is 12.2. The van der Waals surface area contributed by atoms with Crippen LogP contribution in [-0.2, 0) is 0 Å². The number of carbonyl (C=O) groups excluding carboxylic acids is 2. The summed E-state index contributed by atoms with van der Waals surface area (Å²) >= 11 is 1.27. The lowest BCUT2D eigenvalue weighted by Crippen LogP contribution is -2.26. The second-order valence-corrected chi connectivity index (χ2v) is 6.72. The van der Waals surface area contributed by atoms with Crippen LogP contribution in [-0.4, -0.2) is 31.4 Å². The van der Waals surface area contributed by atoms with Crippen molar-refractivity contribution in [3.8, 4) is 0 Å². The van der Waals surface area contributed by atoms with Gasteiger partial charge in [0.15, 0.2) is 0 Å². The average Bonchev–Trinajstić information content (AvgIpc) is 3.36. The van der Waals surface area contributed by atoms with Crippen LogP contribution in [0.1, 0.15) is 45.7 Å². The van der Waals surface area contributed by atoms with Crippen LogP contribution in [0.15, 0.2) is 0 Å². The molecule has 2 amide bonds. The molecule has 5 N–H and O–H groups in total. The first-order valence-corrected chi connectivity index (χ1v) is 8.11. The molecule has 0 aliphatic heterocycles. The summed E-state index contributed by atoms with van der Waals surface area (Å²) in [7, 11) is 1.56. The van der Waals surface area contributed by atoms with Gasteiger partial charge in [-0.3, -0.25) is 9.59 Å². The molecule has 114 valence electrons. The fraction of sp³-hybridized carbons (Fsp3) is 0.571. The predicted molar refractivity (Wildman–Crippen MR) is 83.8 cm³/mol. The number of thiophene rings is 1. The molecule has 0 bridgehead atoms. The van der Waals surface area contributed by atoms with E-state index >= 15 is 0 Å². The van der Waals surface area contributed by atoms with E-state index in [0.717, 1.165) is 19.4 Å². The van der Waals surface area contributed by atoms with Crippen LogP contribution >= 0.6 is 11.3 Å². The highest BCUT2D eigenvalue weighted by Gasteiger charge is 2.30. The maximum absolute atomic E-state index is 12.2. The molecule has 21 heavy (non-hydrogen) atoms. The Labute approximate surface area is 127 Å². The molecule has 0 saturated heterocycles. The molecule has 2 aliphatic carbocycles. The number of hydrogen-bond acceptors (Lipinski definition) is 5. The van der Waals surface area contributed by atoms with E-state index in [-0.39, 0.29) is 23.5 Å². The van der Waals surface area contributed by atoms with Crippen LogP contribution in [0, 0.1) is 5.92 Å². The molecule has 7 heteroatoms. The Hall–Kier alpha value is -1.76. The van der Waals surface area contributed by atoms with Crippen LogP contribution in [0.4, 0.5) is 10.7 Å². The molecule has 1 heterocycles. The first kappa shape index (κ1) is 14.2. The largest absolute Gasteiger partial charge is 0.397 e. The number of nitrogens with two attached hydrogens (primary N) is 1. The minimum atomic E-state index is -0.257. The highest BCUT2D eigenvalue weighted by Crippen LogP contribution is 2.38. The van der Waals surface area contributed by atoms with Crippen molar-refractivity contribution in [2.45, 2.75) is 31.7 Å². The summed E-state index contributed by atoms with van der Waals surface area (Å²) in [5.41, 5.74) is 6.71. The predicted octanol–water partition coefficient (Wildman–Crippen LogP) is 1.40. The molecule has 0 atom stereocenters. The first-order valence-electron chi connectivity index (χ1n) is 7.29. The summed E-state index contributed by atoms with van der Waals surface area (Å²) in [4.78, 5) is 24.7. The maximum Gasteiger partial charge on any atom is 0.263 e. The van der Waals surface area contributed by atoms with Gasteiger partial charge in [-0.05, 0) is 31.6 Å². The Morgan fingerprint density at radius 2 is 1.95 bits per heavy atom. The minimum Gasteiger partial charge on any atom is -0.397 e. The smallest absolute Gasteiger partial charge is 0.263 e. The van der Waals surface area contributed by atoms with E-state index in [1.807, 2.05) is 0 Å². The number of carbonyl (C=O) groups is 2. The second-order valence-electron chi connectivity index (χ2n) is 5.70. The molecule has 6 nitrogen and oxygen atoms in total. The van der Waals surface area contributed by atoms with Crippen LogP contribution in [0.5, 0.6) is 0 Å². The third-order valence-electron chi connectivity index (χ3n) is 3.77. The molecule has 2 saturated carbocycles. The number of anilines is 2. The van der Waals surface area contributed by atoms with Crippen molar-refractivity contribution in [2.75, 3.05) is 24.6 Å². The van der Waals surface area contributed by atoms with E-state index in [9.17, 15) is 9.59 Å². The van der Waals surface area contributed by atoms with Crippen molar-refractivity contribution in [1.29, 1.82) is 0 Å². The third kappa shape index (κ3) is 3.12. The van der Waals surface area contributed by atoms with Gasteiger partial charge in [0.05, 0.1) is 11.3 Å². The molecule has 0 spiro atoms. The third-order valence-corrected chi connectivity index (χ3v) is 4.93. The molecule has 3 rings (SSSR count). The van der Waals surface area contributed by atoms with Crippen molar-refractivity contribution in [3.63, 3.8) is 0 Å². The van der Waals surface area contributed by atoms with Crippen molar-refractivity contribution in [2.24, 2.45) is 5.92 Å². The van der Waals surface area contributed by atoms with E-state index in [1.54, 1.807) is 7.05 Å². The normalized spacial score (nSPS) is 17.4. The van der Waals surface area contributed by atoms with Crippen molar-refractivity contribution in [3.05, 3.63) is 10.4 Å². The van der Waals surface area contributed by atoms with E-state index in [2.05, 4.69) is 16.0 Å². The zero-order valence-corrected chi connectivity index (χ0v) is 12.8. The van der Waals surface area contributed by atoms with E-state index in [0.29, 0.717) is 21.4 Å². The summed E-state index contributed by atoms with van der Waals surface area (Å²) in [6.07, 6.45) is 4.48. The Morgan fingerprint density at radius 3 is 2.52 bits per heavy atom. The number of rotatable bonds is 6. The fourth-order valence-electron chi connectivity index (χ4n) is 2.13. The summed E-state index contributed by atoms with van der Waals surface area (Å²) in [6.45, 7) is 0.827. The molecule has 0 radical (unpaired) electrons. The first-order chi connectivity index (χ1) is 10.1. The topological polar surface area (TPSA) is 96.2 Å². The van der Waals surface area contributed by atoms with Gasteiger partial charge in [-0.1, -0.05) is 0 Å². The SMILES string of the molecule is CNC(=O)c1c(NCC2CC2)sc(C(=O)NC2CC2)c1N. The Balaban J connectivity index is 1.84. The van der Waals surface area contributed by atoms with Crippen molar-refractivity contribution in [1.82, 2.24) is 10.6 Å². The lowest BCUT2D eigenvalue weighted by atomic mass is 10.2. The summed E-state index contributed by atoms with van der Waals surface area (Å²) in [5, 5.41) is 9.47. The van der Waals surface area contributed by atoms with Crippen molar-refractivity contribution >= 4 is 33.8 Å². The summed E-state index contributed by atoms with van der Waals surface area (Å²) in [6, 6.07) is 0.269. The van der Waals surface area contributed by atoms with Gasteiger partial charge in [0, 0.05) is 19.6 Å². The van der Waals surface area contributed by atoms with Crippen LogP contribution in [0.3, 0.4) is 0 Å². The number of nitrogen functional groups attached to an aromatic ring is 1. The van der Waals surface area contributed by atoms with Crippen LogP contribution in [0.2, 0.25) is 0 Å². The van der Waals surface area contributed by atoms with Crippen molar-refractivity contribution < 1.29 is 9.59 Å². The zero-order valence-electron chi connectivity index (χ0n) is 12.0. The Bertz CT molecular complexity index is 576. The lowest BCUT2D eigenvalue weighted by Gasteiger charge is -2.06. The van der Waals surface area contributed by atoms with Gasteiger partial charge in [0.25, 0.3) is 11.8 Å². The monoisotopic (exact) mass is 308 g/mol. The summed E-state index contributed by atoms with van der Waals surface area (Å²) < 4.78 is 0. The fourth-order valence-corrected chi connectivity index (χ4v) is 3.15. The van der Waals surface area contributed by atoms with Gasteiger partial charge in [-0.25, -0.2) is 0 Å². The number of amides is 2. The molecule has 1 aromatic heterocycles. The van der Waals surface area contributed by atoms with Gasteiger partial charge >= 0.3 is 0 Å². The van der Waals surface area contributed by atoms with Gasteiger partial charge in [-0.2, -0.15) is 0 Å². The molecule has 1 aromatic rings. The van der Waals surface area contributed by atoms with E-state index in [4.69, 9.17) is 5.73 Å². The number of nitrogens with one attached hydrogen (secondary N) is 3. The van der Waals surface area contributed by atoms with Crippen LogP contribution < -0.4 is 21.7 Å². The van der Waals surface area contributed by atoms with Crippen LogP contribution in [0.25, 0.3) is 0 Å². The molecule has 2 fully saturated rings. The Morgan fingerprint density at radius 1 is 1.24 bits per heavy atom. The Kier molecular flexibility index (Phi) is 3.75. The summed E-state index contributed by atoms with van der Waals surface area (Å²) in [5.74, 6) is 0.242. The highest BCUT2D eigenvalue weighted by atomic mass is 32.1. The van der Waals surface area contributed by atoms with E-state index in [1.165, 1.54) is 24.2 Å². The lowest BCUT2D eigenvalue weighted by molar-refractivity contribution is 0.0955. The highest BCUT2D eigenvalue weighted by molar-refractivity contribution is 7.19. The molecular weight excluding hydrogens is 288 g/mol. The quantitative estimate of drug-likeness (QED) is 0.639. The molecule has 0 unspecified atom stereocenters. The second kappa shape index (κ2) is 5.55. The number of hydrogen-bond donors (Lipinski definition) is 4. The standard InChI is InChI=1S/C14H20N4O2S/c1-16-12(19)9-10(15)11(13(20)18-8-4-5-8)21-14(9)17-6-7-2-3-7/h7-8,17H,2-6,15H2,1H3,(H,16,19)(H,18,20). The van der Waals surface area contributed by atoms with Gasteiger partial charge in [0.1, 0.15) is 9.88 Å². The minimum absolute atomic E-state index is 0.176. The molecule has 0 aromatic carbocycles. The van der Waals surface area contributed by atoms with E-state index < -0.39 is 0 Å².